The molecule has 178 valence electrons. The third-order valence-electron chi connectivity index (χ3n) is 5.71. The van der Waals surface area contributed by atoms with Crippen LogP contribution in [0.2, 0.25) is 5.02 Å². The first-order valence-corrected chi connectivity index (χ1v) is 13.5. The number of pyridine rings is 1. The molecule has 2 aromatic carbocycles. The van der Waals surface area contributed by atoms with Crippen LogP contribution in [0.5, 0.6) is 0 Å². The number of halogens is 1. The van der Waals surface area contributed by atoms with E-state index in [0.717, 1.165) is 43.0 Å². The summed E-state index contributed by atoms with van der Waals surface area (Å²) >= 11 is 7.57. The zero-order valence-electron chi connectivity index (χ0n) is 19.5. The van der Waals surface area contributed by atoms with Crippen molar-refractivity contribution in [2.45, 2.75) is 32.6 Å². The first-order chi connectivity index (χ1) is 16.6. The van der Waals surface area contributed by atoms with Crippen LogP contribution in [0.25, 0.3) is 31.8 Å². The molecule has 0 saturated carbocycles. The summed E-state index contributed by atoms with van der Waals surface area (Å²) in [5.74, 6) is 0.695. The molecule has 5 rings (SSSR count). The van der Waals surface area contributed by atoms with Gasteiger partial charge in [0.15, 0.2) is 0 Å². The molecule has 0 spiro atoms. The monoisotopic (exact) mass is 523 g/mol. The topological polar surface area (TPSA) is 85.1 Å². The number of hydrogen-bond acceptors (Lipinski definition) is 6. The molecule has 0 bridgehead atoms. The standard InChI is InChI=1S/C26H22ClN3O3S2/c1-14-7-5-8-18(11-14)23-24-21(30-35(31,32)20-10-6-9-19(27)13-20)12-15(2)28-26(24)34-25(23)22-16(3)29-33-17(22)4/h5-13H,1-4H3,(H,28,30). The number of nitrogens with zero attached hydrogens (tertiary/aromatic N) is 2. The molecule has 0 aliphatic carbocycles. The maximum atomic E-state index is 13.3. The summed E-state index contributed by atoms with van der Waals surface area (Å²) in [7, 11) is -3.90. The second-order valence-electron chi connectivity index (χ2n) is 8.43. The lowest BCUT2D eigenvalue weighted by Gasteiger charge is -2.13. The molecule has 35 heavy (non-hydrogen) atoms. The summed E-state index contributed by atoms with van der Waals surface area (Å²) in [5.41, 5.74) is 5.75. The molecule has 1 N–H and O–H groups in total. The summed E-state index contributed by atoms with van der Waals surface area (Å²) in [4.78, 5) is 6.51. The Morgan fingerprint density at radius 2 is 1.74 bits per heavy atom. The number of hydrogen-bond donors (Lipinski definition) is 1. The van der Waals surface area contributed by atoms with Crippen LogP contribution < -0.4 is 4.72 Å². The molecule has 3 aromatic heterocycles. The van der Waals surface area contributed by atoms with Crippen LogP contribution in [0.15, 0.2) is 64.0 Å². The maximum absolute atomic E-state index is 13.3. The van der Waals surface area contributed by atoms with Gasteiger partial charge in [-0.15, -0.1) is 11.3 Å². The van der Waals surface area contributed by atoms with Gasteiger partial charge in [-0.1, -0.05) is 52.7 Å². The molecule has 5 aromatic rings. The number of benzene rings is 2. The summed E-state index contributed by atoms with van der Waals surface area (Å²) in [6.45, 7) is 7.65. The average Bonchev–Trinajstić information content (AvgIpc) is 3.32. The van der Waals surface area contributed by atoms with Crippen molar-refractivity contribution in [3.8, 4) is 21.6 Å². The van der Waals surface area contributed by atoms with Gasteiger partial charge in [-0.05, 0) is 57.5 Å². The SMILES string of the molecule is Cc1cccc(-c2c(-c3c(C)noc3C)sc3nc(C)cc(NS(=O)(=O)c4cccc(Cl)c4)c23)c1. The van der Waals surface area contributed by atoms with Crippen molar-refractivity contribution in [1.82, 2.24) is 10.1 Å². The van der Waals surface area contributed by atoms with Gasteiger partial charge in [-0.3, -0.25) is 4.72 Å². The highest BCUT2D eigenvalue weighted by Gasteiger charge is 2.26. The Balaban J connectivity index is 1.82. The largest absolute Gasteiger partial charge is 0.361 e. The smallest absolute Gasteiger partial charge is 0.261 e. The van der Waals surface area contributed by atoms with E-state index < -0.39 is 10.0 Å². The molecule has 0 atom stereocenters. The average molecular weight is 524 g/mol. The number of nitrogens with one attached hydrogen (secondary N) is 1. The van der Waals surface area contributed by atoms with Crippen molar-refractivity contribution in [3.05, 3.63) is 82.3 Å². The number of sulfonamides is 1. The number of rotatable bonds is 5. The van der Waals surface area contributed by atoms with Crippen molar-refractivity contribution < 1.29 is 12.9 Å². The number of aryl methyl sites for hydroxylation is 4. The van der Waals surface area contributed by atoms with Crippen LogP contribution in [-0.2, 0) is 10.0 Å². The summed E-state index contributed by atoms with van der Waals surface area (Å²) < 4.78 is 35.0. The number of anilines is 1. The van der Waals surface area contributed by atoms with Gasteiger partial charge < -0.3 is 4.52 Å². The van der Waals surface area contributed by atoms with Gasteiger partial charge in [-0.2, -0.15) is 0 Å². The van der Waals surface area contributed by atoms with E-state index in [-0.39, 0.29) is 4.90 Å². The highest BCUT2D eigenvalue weighted by molar-refractivity contribution is 7.92. The lowest BCUT2D eigenvalue weighted by molar-refractivity contribution is 0.393. The van der Waals surface area contributed by atoms with E-state index in [0.29, 0.717) is 22.2 Å². The van der Waals surface area contributed by atoms with Crippen LogP contribution in [0, 0.1) is 27.7 Å². The molecule has 0 aliphatic rings. The van der Waals surface area contributed by atoms with E-state index in [1.807, 2.05) is 45.9 Å². The fraction of sp³-hybridized carbons (Fsp3) is 0.154. The molecule has 6 nitrogen and oxygen atoms in total. The third kappa shape index (κ3) is 4.33. The predicted molar refractivity (Wildman–Crippen MR) is 142 cm³/mol. The van der Waals surface area contributed by atoms with E-state index in [1.165, 1.54) is 23.5 Å². The van der Waals surface area contributed by atoms with Crippen molar-refractivity contribution in [3.63, 3.8) is 0 Å². The molecule has 0 radical (unpaired) electrons. The molecule has 0 unspecified atom stereocenters. The van der Waals surface area contributed by atoms with E-state index in [4.69, 9.17) is 21.1 Å². The zero-order valence-corrected chi connectivity index (χ0v) is 21.9. The van der Waals surface area contributed by atoms with Crippen LogP contribution in [0.4, 0.5) is 5.69 Å². The number of thiophene rings is 1. The van der Waals surface area contributed by atoms with Crippen LogP contribution in [-0.4, -0.2) is 18.6 Å². The molecule has 9 heteroatoms. The van der Waals surface area contributed by atoms with Gasteiger partial charge >= 0.3 is 0 Å². The highest BCUT2D eigenvalue weighted by Crippen LogP contribution is 2.49. The fourth-order valence-corrected chi connectivity index (χ4v) is 6.97. The number of fused-ring (bicyclic) bond motifs is 1. The Morgan fingerprint density at radius 3 is 2.43 bits per heavy atom. The van der Waals surface area contributed by atoms with Crippen LogP contribution in [0.3, 0.4) is 0 Å². The van der Waals surface area contributed by atoms with E-state index in [2.05, 4.69) is 15.9 Å². The van der Waals surface area contributed by atoms with Crippen LogP contribution >= 0.6 is 22.9 Å². The Labute approximate surface area is 212 Å². The van der Waals surface area contributed by atoms with Gasteiger partial charge in [0.1, 0.15) is 10.6 Å². The summed E-state index contributed by atoms with van der Waals surface area (Å²) in [5, 5.41) is 5.23. The Bertz CT molecular complexity index is 1690. The van der Waals surface area contributed by atoms with Crippen molar-refractivity contribution >= 4 is 48.9 Å². The fourth-order valence-electron chi connectivity index (χ4n) is 4.20. The zero-order chi connectivity index (χ0) is 24.9. The molecule has 0 saturated heterocycles. The first-order valence-electron chi connectivity index (χ1n) is 10.9. The highest BCUT2D eigenvalue weighted by atomic mass is 35.5. The van der Waals surface area contributed by atoms with E-state index in [9.17, 15) is 8.42 Å². The first kappa shape index (κ1) is 23.5. The van der Waals surface area contributed by atoms with Crippen LogP contribution in [0.1, 0.15) is 22.7 Å². The van der Waals surface area contributed by atoms with E-state index >= 15 is 0 Å². The molecule has 0 fully saturated rings. The molecule has 0 amide bonds. The van der Waals surface area contributed by atoms with Gasteiger partial charge in [0.2, 0.25) is 0 Å². The Kier molecular flexibility index (Phi) is 5.91. The molecule has 0 aliphatic heterocycles. The molecular weight excluding hydrogens is 502 g/mol. The molecule has 3 heterocycles. The maximum Gasteiger partial charge on any atom is 0.261 e. The van der Waals surface area contributed by atoms with Crippen molar-refractivity contribution in [1.29, 1.82) is 0 Å². The van der Waals surface area contributed by atoms with Crippen molar-refractivity contribution in [2.75, 3.05) is 4.72 Å². The molecular formula is C26H22ClN3O3S2. The van der Waals surface area contributed by atoms with E-state index in [1.54, 1.807) is 18.2 Å². The van der Waals surface area contributed by atoms with Gasteiger partial charge in [-0.25, -0.2) is 13.4 Å². The lowest BCUT2D eigenvalue weighted by atomic mass is 9.97. The minimum Gasteiger partial charge on any atom is -0.361 e. The number of aromatic nitrogens is 2. The quantitative estimate of drug-likeness (QED) is 0.261. The minimum atomic E-state index is -3.90. The Hall–Kier alpha value is -3.20. The van der Waals surface area contributed by atoms with Crippen molar-refractivity contribution in [2.24, 2.45) is 0 Å². The predicted octanol–water partition coefficient (Wildman–Crippen LogP) is 7.31. The van der Waals surface area contributed by atoms with Gasteiger partial charge in [0.25, 0.3) is 10.0 Å². The third-order valence-corrected chi connectivity index (χ3v) is 8.41. The second kappa shape index (κ2) is 8.78. The lowest BCUT2D eigenvalue weighted by Crippen LogP contribution is -2.13. The summed E-state index contributed by atoms with van der Waals surface area (Å²) in [6.07, 6.45) is 0. The summed E-state index contributed by atoms with van der Waals surface area (Å²) in [6, 6.07) is 16.1. The minimum absolute atomic E-state index is 0.0888. The second-order valence-corrected chi connectivity index (χ2v) is 11.5. The Morgan fingerprint density at radius 1 is 0.971 bits per heavy atom. The normalized spacial score (nSPS) is 11.8. The van der Waals surface area contributed by atoms with Gasteiger partial charge in [0.05, 0.1) is 26.7 Å². The van der Waals surface area contributed by atoms with Gasteiger partial charge in [0, 0.05) is 21.7 Å².